The number of carbonyl (C=O) groups is 1. The Morgan fingerprint density at radius 2 is 2.24 bits per heavy atom. The summed E-state index contributed by atoms with van der Waals surface area (Å²) in [5.74, 6) is 0.934. The fourth-order valence-corrected chi connectivity index (χ4v) is 6.35. The van der Waals surface area contributed by atoms with Gasteiger partial charge in [0.1, 0.15) is 12.2 Å². The third-order valence-corrected chi connectivity index (χ3v) is 8.64. The van der Waals surface area contributed by atoms with E-state index in [0.717, 1.165) is 62.5 Å². The van der Waals surface area contributed by atoms with Crippen LogP contribution in [0.15, 0.2) is 44.8 Å². The first-order valence-corrected chi connectivity index (χ1v) is 14.0. The molecule has 1 saturated heterocycles. The van der Waals surface area contributed by atoms with Gasteiger partial charge in [0, 0.05) is 31.2 Å². The Bertz CT molecular complexity index is 1080. The summed E-state index contributed by atoms with van der Waals surface area (Å²) in [5, 5.41) is 17.0. The quantitative estimate of drug-likeness (QED) is 0.331. The number of halogens is 1. The van der Waals surface area contributed by atoms with Gasteiger partial charge in [-0.1, -0.05) is 18.2 Å². The first kappa shape index (κ1) is 23.3. The molecule has 2 atom stereocenters. The Morgan fingerprint density at radius 3 is 3.09 bits per heavy atom. The van der Waals surface area contributed by atoms with Crippen LogP contribution in [0.4, 0.5) is 11.5 Å². The first-order valence-electron chi connectivity index (χ1n) is 12.1. The van der Waals surface area contributed by atoms with Crippen LogP contribution in [0.2, 0.25) is 0 Å². The van der Waals surface area contributed by atoms with Crippen molar-refractivity contribution in [1.82, 2.24) is 9.88 Å². The SMILES string of the molecule is O=C(O)C[C@H](CN1CC[C@@H](CCc2ccc3c(n2)NCCC3)C1)c1cccc(N2C=NN=I2)c1. The molecule has 2 aromatic rings. The summed E-state index contributed by atoms with van der Waals surface area (Å²) in [6.45, 7) is 3.86. The van der Waals surface area contributed by atoms with Gasteiger partial charge >= 0.3 is 5.97 Å². The Morgan fingerprint density at radius 1 is 1.29 bits per heavy atom. The van der Waals surface area contributed by atoms with Gasteiger partial charge in [0.05, 0.1) is 12.1 Å². The number of fused-ring (bicyclic) bond motifs is 1. The van der Waals surface area contributed by atoms with Gasteiger partial charge in [-0.25, -0.2) is 4.98 Å². The van der Waals surface area contributed by atoms with Crippen LogP contribution in [0.5, 0.6) is 0 Å². The highest BCUT2D eigenvalue weighted by molar-refractivity contribution is 14.2. The predicted octanol–water partition coefficient (Wildman–Crippen LogP) is 4.79. The van der Waals surface area contributed by atoms with E-state index in [9.17, 15) is 9.90 Å². The fourth-order valence-electron chi connectivity index (χ4n) is 5.15. The van der Waals surface area contributed by atoms with Crippen molar-refractivity contribution in [2.45, 2.75) is 44.4 Å². The molecule has 3 aliphatic heterocycles. The number of benzene rings is 1. The number of pyridine rings is 1. The average molecular weight is 574 g/mol. The van der Waals surface area contributed by atoms with Gasteiger partial charge in [-0.3, -0.25) is 7.91 Å². The van der Waals surface area contributed by atoms with E-state index in [2.05, 4.69) is 46.0 Å². The zero-order valence-electron chi connectivity index (χ0n) is 19.2. The topological polar surface area (TPSA) is 93.4 Å². The van der Waals surface area contributed by atoms with Crippen LogP contribution in [-0.2, 0) is 17.6 Å². The molecule has 4 heterocycles. The van der Waals surface area contributed by atoms with E-state index in [0.29, 0.717) is 5.92 Å². The number of carboxylic acids is 1. The van der Waals surface area contributed by atoms with Gasteiger partial charge in [-0.15, -0.1) is 8.36 Å². The van der Waals surface area contributed by atoms with Gasteiger partial charge in [0.15, 0.2) is 21.3 Å². The maximum atomic E-state index is 11.7. The maximum absolute atomic E-state index is 11.7. The van der Waals surface area contributed by atoms with Crippen LogP contribution in [-0.4, -0.2) is 53.5 Å². The number of carboxylic acid groups (broad SMARTS) is 1. The number of anilines is 2. The van der Waals surface area contributed by atoms with Crippen LogP contribution < -0.4 is 8.43 Å². The highest BCUT2D eigenvalue weighted by Crippen LogP contribution is 2.31. The molecule has 0 saturated carbocycles. The van der Waals surface area contributed by atoms with Gasteiger partial charge in [0.25, 0.3) is 0 Å². The Balaban J connectivity index is 1.18. The molecule has 0 amide bonds. The molecule has 1 aromatic carbocycles. The number of nitrogens with zero attached hydrogens (tertiary/aromatic N) is 5. The minimum atomic E-state index is -0.747. The van der Waals surface area contributed by atoms with Crippen molar-refractivity contribution in [1.29, 1.82) is 0 Å². The molecule has 3 aliphatic rings. The molecule has 0 unspecified atom stereocenters. The number of hydrogen-bond donors (Lipinski definition) is 2. The summed E-state index contributed by atoms with van der Waals surface area (Å²) in [5.41, 5.74) is 4.64. The van der Waals surface area contributed by atoms with Crippen molar-refractivity contribution in [3.05, 3.63) is 53.2 Å². The van der Waals surface area contributed by atoms with Crippen LogP contribution in [0.25, 0.3) is 0 Å². The molecule has 9 heteroatoms. The molecule has 0 bridgehead atoms. The van der Waals surface area contributed by atoms with E-state index in [4.69, 9.17) is 4.98 Å². The second-order valence-electron chi connectivity index (χ2n) is 9.38. The van der Waals surface area contributed by atoms with Crippen molar-refractivity contribution >= 4 is 45.1 Å². The first-order chi connectivity index (χ1) is 16.6. The van der Waals surface area contributed by atoms with Crippen LogP contribution in [0, 0.1) is 5.92 Å². The molecule has 2 N–H and O–H groups in total. The second-order valence-corrected chi connectivity index (χ2v) is 11.3. The number of likely N-dealkylation sites (tertiary alicyclic amines) is 1. The summed E-state index contributed by atoms with van der Waals surface area (Å²) in [6.07, 6.45) is 7.50. The number of aromatic nitrogens is 1. The molecular formula is C25H31IN6O2. The number of nitrogens with one attached hydrogen (secondary N) is 1. The maximum Gasteiger partial charge on any atom is 0.304 e. The van der Waals surface area contributed by atoms with Crippen molar-refractivity contribution in [3.63, 3.8) is 0 Å². The fraction of sp³-hybridized carbons (Fsp3) is 0.480. The van der Waals surface area contributed by atoms with E-state index in [1.54, 1.807) is 6.34 Å². The zero-order chi connectivity index (χ0) is 23.3. The van der Waals surface area contributed by atoms with Crippen LogP contribution >= 0.6 is 21.3 Å². The molecule has 180 valence electrons. The van der Waals surface area contributed by atoms with Gasteiger partial charge in [0.2, 0.25) is 0 Å². The average Bonchev–Trinajstić information content (AvgIpc) is 3.55. The molecule has 0 spiro atoms. The van der Waals surface area contributed by atoms with Gasteiger partial charge in [-0.2, -0.15) is 0 Å². The highest BCUT2D eigenvalue weighted by atomic mass is 127. The number of hydrogen-bond acceptors (Lipinski definition) is 7. The minimum absolute atomic E-state index is 0.0285. The zero-order valence-corrected chi connectivity index (χ0v) is 21.4. The molecular weight excluding hydrogens is 543 g/mol. The largest absolute Gasteiger partial charge is 0.481 e. The Labute approximate surface area is 211 Å². The lowest BCUT2D eigenvalue weighted by atomic mass is 9.94. The van der Waals surface area contributed by atoms with E-state index < -0.39 is 27.3 Å². The van der Waals surface area contributed by atoms with Crippen molar-refractivity contribution in [3.8, 4) is 0 Å². The second kappa shape index (κ2) is 10.9. The van der Waals surface area contributed by atoms with Gasteiger partial charge in [-0.05, 0) is 73.9 Å². The highest BCUT2D eigenvalue weighted by Gasteiger charge is 2.27. The molecule has 34 heavy (non-hydrogen) atoms. The third kappa shape index (κ3) is 5.80. The van der Waals surface area contributed by atoms with Crippen LogP contribution in [0.1, 0.15) is 48.4 Å². The lowest BCUT2D eigenvalue weighted by Gasteiger charge is -2.24. The Kier molecular flexibility index (Phi) is 7.48. The summed E-state index contributed by atoms with van der Waals surface area (Å²) in [4.78, 5) is 19.0. The molecule has 1 aromatic heterocycles. The van der Waals surface area contributed by atoms with E-state index >= 15 is 0 Å². The van der Waals surface area contributed by atoms with Crippen LogP contribution in [0.3, 0.4) is 0 Å². The molecule has 8 nitrogen and oxygen atoms in total. The predicted molar refractivity (Wildman–Crippen MR) is 143 cm³/mol. The summed E-state index contributed by atoms with van der Waals surface area (Å²) in [7, 11) is 0. The smallest absolute Gasteiger partial charge is 0.304 e. The third-order valence-electron chi connectivity index (χ3n) is 6.93. The molecule has 1 fully saturated rings. The van der Waals surface area contributed by atoms with Crippen molar-refractivity contribution < 1.29 is 9.90 Å². The van der Waals surface area contributed by atoms with Crippen molar-refractivity contribution in [2.24, 2.45) is 14.3 Å². The van der Waals surface area contributed by atoms with E-state index in [1.165, 1.54) is 24.1 Å². The number of rotatable bonds is 9. The summed E-state index contributed by atoms with van der Waals surface area (Å²) < 4.78 is 6.19. The van der Waals surface area contributed by atoms with Crippen molar-refractivity contribution in [2.75, 3.05) is 34.6 Å². The molecule has 0 radical (unpaired) electrons. The molecule has 5 rings (SSSR count). The standard InChI is InChI=1S/C25H31IN6O2/c33-24(34)14-21(20-3-1-5-23(13-20)32-17-28-30-26-32)16-31-12-10-18(15-31)6-8-22-9-7-19-4-2-11-27-25(19)29-22/h1,3,5,7,9,13,17-18,21H,2,4,6,8,10-12,14-16H2,(H,27,29)(H,33,34)/t18-,21-/m1/s1. The minimum Gasteiger partial charge on any atom is -0.481 e. The monoisotopic (exact) mass is 574 g/mol. The lowest BCUT2D eigenvalue weighted by Crippen LogP contribution is -2.28. The molecule has 0 aliphatic carbocycles. The van der Waals surface area contributed by atoms with E-state index in [1.807, 2.05) is 12.1 Å². The summed E-state index contributed by atoms with van der Waals surface area (Å²) in [6, 6.07) is 12.7. The normalized spacial score (nSPS) is 20.6. The Hall–Kier alpha value is -2.40. The van der Waals surface area contributed by atoms with Gasteiger partial charge < -0.3 is 15.3 Å². The summed E-state index contributed by atoms with van der Waals surface area (Å²) >= 11 is -0.499. The lowest BCUT2D eigenvalue weighted by molar-refractivity contribution is -0.137. The number of aliphatic carboxylic acids is 1. The van der Waals surface area contributed by atoms with E-state index in [-0.39, 0.29) is 12.3 Å². The number of aryl methyl sites for hydroxylation is 2.